The van der Waals surface area contributed by atoms with Gasteiger partial charge in [0.2, 0.25) is 0 Å². The molecule has 0 N–H and O–H groups in total. The minimum atomic E-state index is -5.77. The lowest BCUT2D eigenvalue weighted by Crippen LogP contribution is -2.22. The normalized spacial score (nSPS) is 11.9. The number of rotatable bonds is 1. The van der Waals surface area contributed by atoms with Crippen LogP contribution >= 0.6 is 0 Å². The van der Waals surface area contributed by atoms with E-state index in [1.165, 1.54) is 0 Å². The number of hydrogen-bond acceptors (Lipinski definition) is 2. The monoisotopic (exact) mass is 314 g/mol. The van der Waals surface area contributed by atoms with Gasteiger partial charge in [-0.25, -0.2) is 8.78 Å². The summed E-state index contributed by atoms with van der Waals surface area (Å²) in [5, 5.41) is 16.9. The van der Waals surface area contributed by atoms with Crippen LogP contribution in [-0.4, -0.2) is 0 Å². The number of nitriles is 2. The number of hydrogen-bond donors (Lipinski definition) is 0. The number of nitrogens with zero attached hydrogens (tertiary/aromatic N) is 2. The van der Waals surface area contributed by atoms with Crippen molar-refractivity contribution in [2.45, 2.75) is 18.8 Å². The third-order valence-corrected chi connectivity index (χ3v) is 2.42. The van der Waals surface area contributed by atoms with E-state index in [1.807, 2.05) is 0 Å². The van der Waals surface area contributed by atoms with Crippen molar-refractivity contribution in [1.82, 2.24) is 0 Å². The van der Waals surface area contributed by atoms with Crippen LogP contribution in [0, 0.1) is 34.3 Å². The van der Waals surface area contributed by atoms with Gasteiger partial charge in [0.15, 0.2) is 11.6 Å². The van der Waals surface area contributed by atoms with E-state index in [4.69, 9.17) is 10.5 Å². The molecule has 2 nitrogen and oxygen atoms in total. The molecule has 0 bridgehead atoms. The smallest absolute Gasteiger partial charge is 0.206 e. The zero-order valence-electron chi connectivity index (χ0n) is 9.63. The maximum absolute atomic E-state index is 13.5. The predicted molar refractivity (Wildman–Crippen MR) is 50.4 cm³/mol. The van der Waals surface area contributed by atoms with Crippen LogP contribution in [0.2, 0.25) is 0 Å². The lowest BCUT2D eigenvalue weighted by molar-refractivity contribution is -0.149. The first-order valence-electron chi connectivity index (χ1n) is 4.92. The van der Waals surface area contributed by atoms with Gasteiger partial charge in [0.05, 0.1) is 23.6 Å². The van der Waals surface area contributed by atoms with Crippen LogP contribution in [0.25, 0.3) is 0 Å². The second kappa shape index (κ2) is 5.20. The first-order valence-corrected chi connectivity index (χ1v) is 4.92. The van der Waals surface area contributed by atoms with Crippen molar-refractivity contribution in [2.24, 2.45) is 0 Å². The summed E-state index contributed by atoms with van der Waals surface area (Å²) < 4.78 is 103. The fourth-order valence-electron chi connectivity index (χ4n) is 1.65. The standard InChI is InChI=1S/C11H2F8N2/c12-8-5(3-21)4(1-2-20)6(10(14,15)16)9(13)7(8)11(17,18)19/h1H2. The summed E-state index contributed by atoms with van der Waals surface area (Å²) in [5.74, 6) is -5.36. The maximum atomic E-state index is 13.5. The lowest BCUT2D eigenvalue weighted by atomic mass is 9.93. The molecule has 1 aromatic rings. The van der Waals surface area contributed by atoms with Crippen LogP contribution in [0.1, 0.15) is 22.3 Å². The molecule has 1 aromatic carbocycles. The Bertz CT molecular complexity index is 657. The Kier molecular flexibility index (Phi) is 4.14. The fraction of sp³-hybridized carbons (Fsp3) is 0.273. The lowest BCUT2D eigenvalue weighted by Gasteiger charge is -2.18. The average molecular weight is 314 g/mol. The van der Waals surface area contributed by atoms with E-state index < -0.39 is 52.7 Å². The van der Waals surface area contributed by atoms with Gasteiger partial charge in [-0.3, -0.25) is 0 Å². The summed E-state index contributed by atoms with van der Waals surface area (Å²) in [6.45, 7) is 0. The summed E-state index contributed by atoms with van der Waals surface area (Å²) in [6.07, 6.45) is -12.7. The van der Waals surface area contributed by atoms with Crippen LogP contribution < -0.4 is 0 Å². The van der Waals surface area contributed by atoms with Gasteiger partial charge in [0.25, 0.3) is 0 Å². The molecular weight excluding hydrogens is 312 g/mol. The Labute approximate surface area is 111 Å². The first kappa shape index (κ1) is 16.7. The Hall–Kier alpha value is -2.36. The zero-order chi connectivity index (χ0) is 16.6. The van der Waals surface area contributed by atoms with Gasteiger partial charge >= 0.3 is 12.4 Å². The molecule has 0 heterocycles. The predicted octanol–water partition coefficient (Wildman–Crippen LogP) is 3.94. The third kappa shape index (κ3) is 2.89. The van der Waals surface area contributed by atoms with Crippen molar-refractivity contribution < 1.29 is 35.1 Å². The van der Waals surface area contributed by atoms with Crippen molar-refractivity contribution in [3.8, 4) is 12.1 Å². The Morgan fingerprint density at radius 1 is 0.810 bits per heavy atom. The van der Waals surface area contributed by atoms with Gasteiger partial charge < -0.3 is 0 Å². The van der Waals surface area contributed by atoms with Crippen molar-refractivity contribution in [1.29, 1.82) is 10.5 Å². The summed E-state index contributed by atoms with van der Waals surface area (Å²) in [5.41, 5.74) is -8.39. The van der Waals surface area contributed by atoms with Crippen molar-refractivity contribution in [3.63, 3.8) is 0 Å². The molecule has 0 aromatic heterocycles. The third-order valence-electron chi connectivity index (χ3n) is 2.42. The second-order valence-corrected chi connectivity index (χ2v) is 3.67. The van der Waals surface area contributed by atoms with Crippen LogP contribution in [0.3, 0.4) is 0 Å². The molecule has 0 atom stereocenters. The van der Waals surface area contributed by atoms with Gasteiger partial charge in [-0.15, -0.1) is 0 Å². The Morgan fingerprint density at radius 2 is 1.29 bits per heavy atom. The number of alkyl halides is 6. The molecule has 10 heteroatoms. The highest BCUT2D eigenvalue weighted by molar-refractivity contribution is 5.51. The topological polar surface area (TPSA) is 47.6 Å². The maximum Gasteiger partial charge on any atom is 0.422 e. The van der Waals surface area contributed by atoms with Crippen molar-refractivity contribution >= 4 is 0 Å². The van der Waals surface area contributed by atoms with E-state index in [0.29, 0.717) is 0 Å². The minimum Gasteiger partial charge on any atom is -0.206 e. The Morgan fingerprint density at radius 3 is 1.62 bits per heavy atom. The Balaban J connectivity index is 4.04. The largest absolute Gasteiger partial charge is 0.422 e. The summed E-state index contributed by atoms with van der Waals surface area (Å²) in [7, 11) is 0. The fourth-order valence-corrected chi connectivity index (χ4v) is 1.65. The number of benzene rings is 1. The van der Waals surface area contributed by atoms with Gasteiger partial charge in [-0.1, -0.05) is 0 Å². The molecule has 0 aliphatic heterocycles. The molecule has 0 saturated heterocycles. The minimum absolute atomic E-state index is 0.808. The van der Waals surface area contributed by atoms with Gasteiger partial charge in [0.1, 0.15) is 11.6 Å². The van der Waals surface area contributed by atoms with E-state index in [-0.39, 0.29) is 0 Å². The highest BCUT2D eigenvalue weighted by Crippen LogP contribution is 2.43. The molecule has 0 unspecified atom stereocenters. The van der Waals surface area contributed by atoms with E-state index >= 15 is 0 Å². The van der Waals surface area contributed by atoms with Gasteiger partial charge in [-0.05, 0) is 0 Å². The summed E-state index contributed by atoms with van der Waals surface area (Å²) in [4.78, 5) is 0. The van der Waals surface area contributed by atoms with Gasteiger partial charge in [0, 0.05) is 5.56 Å². The van der Waals surface area contributed by atoms with Gasteiger partial charge in [-0.2, -0.15) is 36.9 Å². The highest BCUT2D eigenvalue weighted by atomic mass is 19.4. The highest BCUT2D eigenvalue weighted by Gasteiger charge is 2.47. The van der Waals surface area contributed by atoms with Crippen LogP contribution in [0.4, 0.5) is 35.1 Å². The molecular formula is C11H2F8N2. The van der Waals surface area contributed by atoms with Crippen LogP contribution in [-0.2, 0) is 18.8 Å². The number of halogens is 8. The van der Waals surface area contributed by atoms with E-state index in [1.54, 1.807) is 0 Å². The zero-order valence-corrected chi connectivity index (χ0v) is 9.63. The molecule has 1 rings (SSSR count). The first-order chi connectivity index (χ1) is 9.46. The molecule has 112 valence electrons. The van der Waals surface area contributed by atoms with E-state index in [9.17, 15) is 35.1 Å². The van der Waals surface area contributed by atoms with Crippen molar-refractivity contribution in [2.75, 3.05) is 0 Å². The van der Waals surface area contributed by atoms with Crippen LogP contribution in [0.15, 0.2) is 0 Å². The molecule has 0 fully saturated rings. The molecule has 0 spiro atoms. The van der Waals surface area contributed by atoms with E-state index in [0.717, 1.165) is 12.1 Å². The quantitative estimate of drug-likeness (QED) is 0.737. The molecule has 21 heavy (non-hydrogen) atoms. The summed E-state index contributed by atoms with van der Waals surface area (Å²) in [6, 6.07) is 1.93. The summed E-state index contributed by atoms with van der Waals surface area (Å²) >= 11 is 0. The molecule has 0 radical (unpaired) electrons. The molecule has 0 aliphatic carbocycles. The molecule has 0 saturated carbocycles. The molecule has 0 amide bonds. The molecule has 0 aliphatic rings. The van der Waals surface area contributed by atoms with E-state index in [2.05, 4.69) is 0 Å². The SMILES string of the molecule is N#CCc1c(C#N)c(F)c(C(F)(F)F)c(F)c1C(F)(F)F. The van der Waals surface area contributed by atoms with Crippen LogP contribution in [0.5, 0.6) is 0 Å². The average Bonchev–Trinajstić information content (AvgIpc) is 2.25. The van der Waals surface area contributed by atoms with Crippen molar-refractivity contribution in [3.05, 3.63) is 33.9 Å². The second-order valence-electron chi connectivity index (χ2n) is 3.67.